The molecule has 0 saturated carbocycles. The minimum absolute atomic E-state index is 0.203. The largest absolute Gasteiger partial charge is 0.477 e. The fourth-order valence-electron chi connectivity index (χ4n) is 3.38. The number of carbonyl (C=O) groups excluding carboxylic acids is 2. The molecule has 32 heavy (non-hydrogen) atoms. The topological polar surface area (TPSA) is 77.5 Å². The smallest absolute Gasteiger partial charge is 0.338 e. The predicted molar refractivity (Wildman–Crippen MR) is 123 cm³/mol. The Kier molecular flexibility index (Phi) is 7.84. The molecule has 1 heterocycles. The van der Waals surface area contributed by atoms with E-state index in [1.165, 1.54) is 30.5 Å². The van der Waals surface area contributed by atoms with Gasteiger partial charge in [-0.05, 0) is 42.7 Å². The van der Waals surface area contributed by atoms with Gasteiger partial charge in [-0.3, -0.25) is 4.79 Å². The van der Waals surface area contributed by atoms with Crippen LogP contribution >= 0.6 is 11.6 Å². The molecule has 6 nitrogen and oxygen atoms in total. The lowest BCUT2D eigenvalue weighted by Gasteiger charge is -2.18. The van der Waals surface area contributed by atoms with Crippen molar-refractivity contribution in [2.75, 3.05) is 13.7 Å². The normalized spacial score (nSPS) is 11.5. The Morgan fingerprint density at radius 2 is 1.81 bits per heavy atom. The van der Waals surface area contributed by atoms with Gasteiger partial charge in [-0.2, -0.15) is 0 Å². The van der Waals surface area contributed by atoms with E-state index in [4.69, 9.17) is 21.1 Å². The number of aromatic nitrogens is 1. The molecule has 0 unspecified atom stereocenters. The third-order valence-electron chi connectivity index (χ3n) is 5.11. The Labute approximate surface area is 192 Å². The highest BCUT2D eigenvalue weighted by atomic mass is 35.5. The van der Waals surface area contributed by atoms with Gasteiger partial charge >= 0.3 is 5.97 Å². The second kappa shape index (κ2) is 10.8. The monoisotopic (exact) mass is 452 g/mol. The van der Waals surface area contributed by atoms with Gasteiger partial charge in [0.25, 0.3) is 5.91 Å². The van der Waals surface area contributed by atoms with Crippen molar-refractivity contribution in [3.05, 3.63) is 93.6 Å². The average Bonchev–Trinajstić information content (AvgIpc) is 2.80. The van der Waals surface area contributed by atoms with Crippen LogP contribution in [-0.4, -0.2) is 30.6 Å². The van der Waals surface area contributed by atoms with Crippen LogP contribution in [-0.2, 0) is 11.2 Å². The SMILES string of the molecule is COC(=O)c1ccccc1[C@H](C)NC(=O)c1cc(Cl)cnc1OCCc1ccccc1C. The quantitative estimate of drug-likeness (QED) is 0.489. The summed E-state index contributed by atoms with van der Waals surface area (Å²) in [6.07, 6.45) is 2.12. The maximum Gasteiger partial charge on any atom is 0.338 e. The molecule has 0 radical (unpaired) electrons. The highest BCUT2D eigenvalue weighted by Gasteiger charge is 2.21. The van der Waals surface area contributed by atoms with Crippen LogP contribution in [0.15, 0.2) is 60.8 Å². The van der Waals surface area contributed by atoms with Crippen molar-refractivity contribution in [1.82, 2.24) is 10.3 Å². The lowest BCUT2D eigenvalue weighted by Crippen LogP contribution is -2.28. The van der Waals surface area contributed by atoms with Gasteiger partial charge in [-0.1, -0.05) is 54.1 Å². The van der Waals surface area contributed by atoms with E-state index in [1.54, 1.807) is 31.2 Å². The van der Waals surface area contributed by atoms with Crippen molar-refractivity contribution in [1.29, 1.82) is 0 Å². The number of hydrogen-bond donors (Lipinski definition) is 1. The summed E-state index contributed by atoms with van der Waals surface area (Å²) in [6.45, 7) is 4.19. The molecule has 0 fully saturated rings. The second-order valence-electron chi connectivity index (χ2n) is 7.31. The van der Waals surface area contributed by atoms with Gasteiger partial charge in [0.15, 0.2) is 0 Å². The van der Waals surface area contributed by atoms with Gasteiger partial charge in [0.2, 0.25) is 5.88 Å². The number of pyridine rings is 1. The summed E-state index contributed by atoms with van der Waals surface area (Å²) < 4.78 is 10.7. The van der Waals surface area contributed by atoms with E-state index in [2.05, 4.69) is 10.3 Å². The summed E-state index contributed by atoms with van der Waals surface area (Å²) in [6, 6.07) is 16.1. The van der Waals surface area contributed by atoms with E-state index in [0.29, 0.717) is 29.2 Å². The summed E-state index contributed by atoms with van der Waals surface area (Å²) in [5, 5.41) is 3.21. The van der Waals surface area contributed by atoms with Gasteiger partial charge in [0.1, 0.15) is 5.56 Å². The number of benzene rings is 2. The standard InChI is InChI=1S/C25H25ClN2O4/c1-16-8-4-5-9-18(16)12-13-32-24-22(14-19(26)15-27-24)23(29)28-17(2)20-10-6-7-11-21(20)25(30)31-3/h4-11,14-15,17H,12-13H2,1-3H3,(H,28,29)/t17-/m0/s1. The van der Waals surface area contributed by atoms with E-state index >= 15 is 0 Å². The molecular weight excluding hydrogens is 428 g/mol. The van der Waals surface area contributed by atoms with Gasteiger partial charge < -0.3 is 14.8 Å². The molecule has 1 amide bonds. The zero-order valence-electron chi connectivity index (χ0n) is 18.2. The minimum atomic E-state index is -0.466. The van der Waals surface area contributed by atoms with Crippen molar-refractivity contribution in [2.24, 2.45) is 0 Å². The summed E-state index contributed by atoms with van der Waals surface area (Å²) in [4.78, 5) is 29.3. The molecule has 0 saturated heterocycles. The van der Waals surface area contributed by atoms with E-state index in [-0.39, 0.29) is 11.4 Å². The van der Waals surface area contributed by atoms with Crippen LogP contribution in [0.1, 0.15) is 50.4 Å². The van der Waals surface area contributed by atoms with E-state index in [9.17, 15) is 9.59 Å². The van der Waals surface area contributed by atoms with Gasteiger partial charge in [0, 0.05) is 12.6 Å². The van der Waals surface area contributed by atoms with Crippen molar-refractivity contribution >= 4 is 23.5 Å². The molecule has 0 bridgehead atoms. The summed E-state index contributed by atoms with van der Waals surface area (Å²) in [7, 11) is 1.32. The first kappa shape index (κ1) is 23.3. The van der Waals surface area contributed by atoms with Crippen molar-refractivity contribution in [3.63, 3.8) is 0 Å². The van der Waals surface area contributed by atoms with Crippen LogP contribution in [0.3, 0.4) is 0 Å². The number of halogens is 1. The van der Waals surface area contributed by atoms with E-state index < -0.39 is 17.9 Å². The molecule has 0 aliphatic carbocycles. The summed E-state index contributed by atoms with van der Waals surface area (Å²) >= 11 is 6.09. The molecule has 7 heteroatoms. The molecule has 2 aromatic carbocycles. The number of esters is 1. The van der Waals surface area contributed by atoms with Gasteiger partial charge in [-0.15, -0.1) is 0 Å². The van der Waals surface area contributed by atoms with Crippen molar-refractivity contribution in [2.45, 2.75) is 26.3 Å². The average molecular weight is 453 g/mol. The molecule has 3 rings (SSSR count). The van der Waals surface area contributed by atoms with E-state index in [0.717, 1.165) is 0 Å². The van der Waals surface area contributed by atoms with Crippen LogP contribution in [0, 0.1) is 6.92 Å². The molecule has 0 aliphatic heterocycles. The van der Waals surface area contributed by atoms with Crippen molar-refractivity contribution in [3.8, 4) is 5.88 Å². The summed E-state index contributed by atoms with van der Waals surface area (Å²) in [5.41, 5.74) is 3.60. The minimum Gasteiger partial charge on any atom is -0.477 e. The number of nitrogens with one attached hydrogen (secondary N) is 1. The van der Waals surface area contributed by atoms with Crippen LogP contribution in [0.2, 0.25) is 5.02 Å². The molecule has 0 aliphatic rings. The molecular formula is C25H25ClN2O4. The van der Waals surface area contributed by atoms with E-state index in [1.807, 2.05) is 31.2 Å². The highest BCUT2D eigenvalue weighted by Crippen LogP contribution is 2.23. The number of ether oxygens (including phenoxy) is 2. The van der Waals surface area contributed by atoms with Gasteiger partial charge in [-0.25, -0.2) is 9.78 Å². The van der Waals surface area contributed by atoms with Crippen molar-refractivity contribution < 1.29 is 19.1 Å². The number of methoxy groups -OCH3 is 1. The van der Waals surface area contributed by atoms with Gasteiger partial charge in [0.05, 0.1) is 30.3 Å². The number of aryl methyl sites for hydroxylation is 1. The number of rotatable bonds is 8. The Balaban J connectivity index is 1.75. The fraction of sp³-hybridized carbons (Fsp3) is 0.240. The maximum atomic E-state index is 13.0. The van der Waals surface area contributed by atoms with Crippen LogP contribution in [0.4, 0.5) is 0 Å². The first-order valence-corrected chi connectivity index (χ1v) is 10.6. The maximum absolute atomic E-state index is 13.0. The zero-order chi connectivity index (χ0) is 23.1. The highest BCUT2D eigenvalue weighted by molar-refractivity contribution is 6.30. The number of carbonyl (C=O) groups is 2. The molecule has 1 aromatic heterocycles. The number of amides is 1. The first-order valence-electron chi connectivity index (χ1n) is 10.2. The fourth-order valence-corrected chi connectivity index (χ4v) is 3.53. The Morgan fingerprint density at radius 1 is 1.09 bits per heavy atom. The second-order valence-corrected chi connectivity index (χ2v) is 7.74. The van der Waals surface area contributed by atoms with Crippen LogP contribution in [0.5, 0.6) is 5.88 Å². The lowest BCUT2D eigenvalue weighted by atomic mass is 10.0. The molecule has 166 valence electrons. The third kappa shape index (κ3) is 5.65. The molecule has 3 aromatic rings. The Morgan fingerprint density at radius 3 is 2.56 bits per heavy atom. The Hall–Kier alpha value is -3.38. The lowest BCUT2D eigenvalue weighted by molar-refractivity contribution is 0.0597. The predicted octanol–water partition coefficient (Wildman–Crippen LogP) is 4.94. The third-order valence-corrected chi connectivity index (χ3v) is 5.32. The Bertz CT molecular complexity index is 1120. The zero-order valence-corrected chi connectivity index (χ0v) is 19.0. The number of hydrogen-bond acceptors (Lipinski definition) is 5. The summed E-state index contributed by atoms with van der Waals surface area (Å²) in [5.74, 6) is -0.668. The number of nitrogens with zero attached hydrogens (tertiary/aromatic N) is 1. The first-order chi connectivity index (χ1) is 15.4. The molecule has 1 atom stereocenters. The molecule has 0 spiro atoms. The van der Waals surface area contributed by atoms with Crippen LogP contribution in [0.25, 0.3) is 0 Å². The van der Waals surface area contributed by atoms with Crippen LogP contribution < -0.4 is 10.1 Å². The molecule has 1 N–H and O–H groups in total.